The lowest BCUT2D eigenvalue weighted by molar-refractivity contribution is -0.132. The molecule has 1 aliphatic heterocycles. The quantitative estimate of drug-likeness (QED) is 0.813. The predicted molar refractivity (Wildman–Crippen MR) is 96.3 cm³/mol. The fourth-order valence-corrected chi connectivity index (χ4v) is 3.20. The maximum atomic E-state index is 13.3. The summed E-state index contributed by atoms with van der Waals surface area (Å²) in [5.74, 6) is -1.83. The van der Waals surface area contributed by atoms with Crippen LogP contribution in [0.3, 0.4) is 0 Å². The highest BCUT2D eigenvalue weighted by molar-refractivity contribution is 6.30. The molecule has 0 radical (unpaired) electrons. The van der Waals surface area contributed by atoms with Crippen molar-refractivity contribution in [2.45, 2.75) is 32.9 Å². The van der Waals surface area contributed by atoms with Crippen molar-refractivity contribution >= 4 is 29.1 Å². The van der Waals surface area contributed by atoms with E-state index in [1.165, 1.54) is 12.1 Å². The van der Waals surface area contributed by atoms with Crippen LogP contribution in [0.5, 0.6) is 0 Å². The van der Waals surface area contributed by atoms with Crippen LogP contribution in [0.2, 0.25) is 5.02 Å². The number of hydrogen-bond donors (Lipinski definition) is 1. The van der Waals surface area contributed by atoms with Crippen molar-refractivity contribution in [3.05, 3.63) is 47.0 Å². The van der Waals surface area contributed by atoms with Crippen LogP contribution in [0.4, 0.5) is 10.1 Å². The Kier molecular flexibility index (Phi) is 5.27. The summed E-state index contributed by atoms with van der Waals surface area (Å²) < 4.78 is 15.1. The van der Waals surface area contributed by atoms with Crippen LogP contribution >= 0.6 is 11.6 Å². The number of anilines is 1. The molecule has 2 heterocycles. The highest BCUT2D eigenvalue weighted by atomic mass is 35.5. The molecule has 1 aliphatic rings. The van der Waals surface area contributed by atoms with Crippen molar-refractivity contribution < 1.29 is 14.0 Å². The van der Waals surface area contributed by atoms with Gasteiger partial charge in [-0.3, -0.25) is 14.3 Å². The van der Waals surface area contributed by atoms with Crippen molar-refractivity contribution in [3.8, 4) is 0 Å². The second-order valence-electron chi connectivity index (χ2n) is 6.60. The van der Waals surface area contributed by atoms with E-state index < -0.39 is 11.7 Å². The molecule has 0 bridgehead atoms. The minimum absolute atomic E-state index is 0.116. The molecule has 0 saturated carbocycles. The number of hydrogen-bond acceptors (Lipinski definition) is 3. The molecule has 2 aromatic rings. The van der Waals surface area contributed by atoms with Crippen LogP contribution in [-0.2, 0) is 16.1 Å². The number of nitrogens with zero attached hydrogens (tertiary/aromatic N) is 3. The molecule has 26 heavy (non-hydrogen) atoms. The summed E-state index contributed by atoms with van der Waals surface area (Å²) >= 11 is 5.81. The third kappa shape index (κ3) is 3.88. The van der Waals surface area contributed by atoms with E-state index in [-0.39, 0.29) is 29.4 Å². The van der Waals surface area contributed by atoms with E-state index in [0.717, 1.165) is 0 Å². The Labute approximate surface area is 155 Å². The Balaban J connectivity index is 1.62. The van der Waals surface area contributed by atoms with Gasteiger partial charge in [0.1, 0.15) is 11.7 Å². The van der Waals surface area contributed by atoms with Gasteiger partial charge in [-0.2, -0.15) is 5.10 Å². The largest absolute Gasteiger partial charge is 0.351 e. The zero-order valence-corrected chi connectivity index (χ0v) is 15.3. The summed E-state index contributed by atoms with van der Waals surface area (Å²) in [5.41, 5.74) is 1.24. The van der Waals surface area contributed by atoms with Gasteiger partial charge in [-0.05, 0) is 44.0 Å². The molecule has 1 atom stereocenters. The summed E-state index contributed by atoms with van der Waals surface area (Å²) in [6.07, 6.45) is 3.87. The van der Waals surface area contributed by atoms with E-state index >= 15 is 0 Å². The van der Waals surface area contributed by atoms with Crippen molar-refractivity contribution in [3.63, 3.8) is 0 Å². The number of rotatable bonds is 5. The lowest BCUT2D eigenvalue weighted by Gasteiger charge is -2.14. The standard InChI is InChI=1S/C18H20ClFN4O2/c1-11(2)24-10-15(9-22-24)23-4-3-16(18(23)26)17(25)21-8-12-5-13(19)7-14(20)6-12/h5-7,9-11,16H,3-4,8H2,1-2H3,(H,21,25). The zero-order valence-electron chi connectivity index (χ0n) is 14.6. The fourth-order valence-electron chi connectivity index (χ4n) is 2.95. The summed E-state index contributed by atoms with van der Waals surface area (Å²) in [6.45, 7) is 4.58. The van der Waals surface area contributed by atoms with E-state index in [4.69, 9.17) is 11.6 Å². The van der Waals surface area contributed by atoms with E-state index in [1.807, 2.05) is 13.8 Å². The Morgan fingerprint density at radius 3 is 2.85 bits per heavy atom. The smallest absolute Gasteiger partial charge is 0.239 e. The molecular formula is C18H20ClFN4O2. The first kappa shape index (κ1) is 18.4. The molecule has 1 N–H and O–H groups in total. The van der Waals surface area contributed by atoms with Gasteiger partial charge < -0.3 is 10.2 Å². The van der Waals surface area contributed by atoms with E-state index in [0.29, 0.717) is 24.2 Å². The molecule has 0 spiro atoms. The lowest BCUT2D eigenvalue weighted by Crippen LogP contribution is -2.36. The SMILES string of the molecule is CC(C)n1cc(N2CCC(C(=O)NCc3cc(F)cc(Cl)c3)C2=O)cn1. The predicted octanol–water partition coefficient (Wildman–Crippen LogP) is 2.93. The Morgan fingerprint density at radius 1 is 1.42 bits per heavy atom. The molecule has 1 unspecified atom stereocenters. The zero-order chi connectivity index (χ0) is 18.8. The van der Waals surface area contributed by atoms with Crippen LogP contribution in [0.25, 0.3) is 0 Å². The van der Waals surface area contributed by atoms with Gasteiger partial charge in [0.05, 0.1) is 11.9 Å². The average molecular weight is 379 g/mol. The van der Waals surface area contributed by atoms with E-state index in [1.54, 1.807) is 28.0 Å². The Bertz CT molecular complexity index is 816. The molecule has 138 valence electrons. The summed E-state index contributed by atoms with van der Waals surface area (Å²) in [4.78, 5) is 26.6. The monoisotopic (exact) mass is 378 g/mol. The van der Waals surface area contributed by atoms with E-state index in [9.17, 15) is 14.0 Å². The van der Waals surface area contributed by atoms with Crippen LogP contribution in [0.15, 0.2) is 30.6 Å². The van der Waals surface area contributed by atoms with Crippen molar-refractivity contribution in [2.24, 2.45) is 5.92 Å². The number of carbonyl (C=O) groups is 2. The summed E-state index contributed by atoms with van der Waals surface area (Å²) in [5, 5.41) is 7.18. The highest BCUT2D eigenvalue weighted by Gasteiger charge is 2.38. The lowest BCUT2D eigenvalue weighted by atomic mass is 10.1. The van der Waals surface area contributed by atoms with Gasteiger partial charge in [0, 0.05) is 30.4 Å². The first-order chi connectivity index (χ1) is 12.3. The molecule has 1 saturated heterocycles. The van der Waals surface area contributed by atoms with Crippen molar-refractivity contribution in [1.29, 1.82) is 0 Å². The fraction of sp³-hybridized carbons (Fsp3) is 0.389. The summed E-state index contributed by atoms with van der Waals surface area (Å²) in [6, 6.07) is 4.27. The van der Waals surface area contributed by atoms with Gasteiger partial charge in [0.25, 0.3) is 0 Å². The molecule has 1 aromatic carbocycles. The third-order valence-electron chi connectivity index (χ3n) is 4.34. The van der Waals surface area contributed by atoms with Crippen LogP contribution < -0.4 is 10.2 Å². The first-order valence-electron chi connectivity index (χ1n) is 8.43. The molecule has 6 nitrogen and oxygen atoms in total. The van der Waals surface area contributed by atoms with Gasteiger partial charge >= 0.3 is 0 Å². The van der Waals surface area contributed by atoms with E-state index in [2.05, 4.69) is 10.4 Å². The number of amides is 2. The third-order valence-corrected chi connectivity index (χ3v) is 4.56. The van der Waals surface area contributed by atoms with Crippen LogP contribution in [0.1, 0.15) is 31.9 Å². The number of nitrogens with one attached hydrogen (secondary N) is 1. The van der Waals surface area contributed by atoms with Crippen LogP contribution in [0, 0.1) is 11.7 Å². The minimum Gasteiger partial charge on any atom is -0.351 e. The average Bonchev–Trinajstić information content (AvgIpc) is 3.18. The normalized spacial score (nSPS) is 17.2. The number of carbonyl (C=O) groups excluding carboxylic acids is 2. The second kappa shape index (κ2) is 7.45. The second-order valence-corrected chi connectivity index (χ2v) is 7.04. The topological polar surface area (TPSA) is 67.2 Å². The molecule has 0 aliphatic carbocycles. The maximum absolute atomic E-state index is 13.3. The van der Waals surface area contributed by atoms with Gasteiger partial charge in [0.2, 0.25) is 11.8 Å². The Morgan fingerprint density at radius 2 is 2.19 bits per heavy atom. The number of aromatic nitrogens is 2. The summed E-state index contributed by atoms with van der Waals surface area (Å²) in [7, 11) is 0. The van der Waals surface area contributed by atoms with Crippen LogP contribution in [-0.4, -0.2) is 28.1 Å². The van der Waals surface area contributed by atoms with Gasteiger partial charge in [-0.25, -0.2) is 4.39 Å². The van der Waals surface area contributed by atoms with Gasteiger partial charge in [-0.1, -0.05) is 11.6 Å². The van der Waals surface area contributed by atoms with Gasteiger partial charge in [-0.15, -0.1) is 0 Å². The minimum atomic E-state index is -0.749. The highest BCUT2D eigenvalue weighted by Crippen LogP contribution is 2.26. The molecular weight excluding hydrogens is 359 g/mol. The molecule has 3 rings (SSSR count). The molecule has 8 heteroatoms. The van der Waals surface area contributed by atoms with Crippen molar-refractivity contribution in [2.75, 3.05) is 11.4 Å². The van der Waals surface area contributed by atoms with Crippen molar-refractivity contribution in [1.82, 2.24) is 15.1 Å². The molecule has 2 amide bonds. The maximum Gasteiger partial charge on any atom is 0.239 e. The Hall–Kier alpha value is -2.41. The number of halogens is 2. The first-order valence-corrected chi connectivity index (χ1v) is 8.81. The van der Waals surface area contributed by atoms with Gasteiger partial charge in [0.15, 0.2) is 0 Å². The molecule has 1 fully saturated rings. The number of benzene rings is 1. The molecule has 1 aromatic heterocycles.